The topological polar surface area (TPSA) is 78.9 Å². The number of carboxylic acid groups (broad SMARTS) is 1. The van der Waals surface area contributed by atoms with Gasteiger partial charge >= 0.3 is 5.97 Å². The maximum absolute atomic E-state index is 12.7. The van der Waals surface area contributed by atoms with E-state index in [9.17, 15) is 14.7 Å². The maximum atomic E-state index is 12.7. The van der Waals surface area contributed by atoms with Gasteiger partial charge in [0, 0.05) is 37.8 Å². The SMILES string of the molecule is O=C(O)c1ccc2c(c1)NCC(c1ccc([C@@H]3CC34CCN(C(=O)[C@H]3CCCO3)CC4)cc1)C2. The number of carbonyl (C=O) groups is 2. The van der Waals surface area contributed by atoms with Crippen LogP contribution in [-0.4, -0.2) is 54.2 Å². The lowest BCUT2D eigenvalue weighted by atomic mass is 9.85. The van der Waals surface area contributed by atoms with E-state index in [0.717, 1.165) is 64.0 Å². The van der Waals surface area contributed by atoms with Gasteiger partial charge < -0.3 is 20.1 Å². The van der Waals surface area contributed by atoms with Gasteiger partial charge in [0.25, 0.3) is 5.91 Å². The average Bonchev–Trinajstić information content (AvgIpc) is 3.28. The molecule has 3 aliphatic heterocycles. The highest BCUT2D eigenvalue weighted by molar-refractivity contribution is 5.89. The van der Waals surface area contributed by atoms with E-state index in [1.54, 1.807) is 12.1 Å². The monoisotopic (exact) mass is 460 g/mol. The molecule has 1 saturated carbocycles. The molecule has 1 unspecified atom stereocenters. The molecule has 178 valence electrons. The van der Waals surface area contributed by atoms with Crippen LogP contribution in [0.3, 0.4) is 0 Å². The number of hydrogen-bond donors (Lipinski definition) is 2. The van der Waals surface area contributed by atoms with Crippen LogP contribution >= 0.6 is 0 Å². The molecule has 1 spiro atoms. The van der Waals surface area contributed by atoms with Gasteiger partial charge in [-0.05, 0) is 78.7 Å². The second kappa shape index (κ2) is 8.42. The Morgan fingerprint density at radius 1 is 1.06 bits per heavy atom. The Hall–Kier alpha value is -2.86. The molecule has 34 heavy (non-hydrogen) atoms. The first kappa shape index (κ1) is 21.7. The molecule has 2 N–H and O–H groups in total. The number of likely N-dealkylation sites (tertiary alicyclic amines) is 1. The molecule has 0 aromatic heterocycles. The number of rotatable bonds is 4. The number of hydrogen-bond acceptors (Lipinski definition) is 4. The second-order valence-electron chi connectivity index (χ2n) is 10.6. The quantitative estimate of drug-likeness (QED) is 0.707. The molecule has 2 aromatic carbocycles. The van der Waals surface area contributed by atoms with Gasteiger partial charge in [-0.2, -0.15) is 0 Å². The van der Waals surface area contributed by atoms with Crippen molar-refractivity contribution in [2.75, 3.05) is 31.6 Å². The summed E-state index contributed by atoms with van der Waals surface area (Å²) in [5, 5.41) is 12.6. The van der Waals surface area contributed by atoms with Gasteiger partial charge in [0.15, 0.2) is 0 Å². The van der Waals surface area contributed by atoms with Crippen LogP contribution in [-0.2, 0) is 16.0 Å². The zero-order valence-corrected chi connectivity index (χ0v) is 19.5. The van der Waals surface area contributed by atoms with Gasteiger partial charge in [0.2, 0.25) is 0 Å². The Labute approximate surface area is 200 Å². The number of anilines is 1. The summed E-state index contributed by atoms with van der Waals surface area (Å²) < 4.78 is 5.60. The van der Waals surface area contributed by atoms with Gasteiger partial charge in [0.1, 0.15) is 6.10 Å². The van der Waals surface area contributed by atoms with Crippen LogP contribution in [0.2, 0.25) is 0 Å². The van der Waals surface area contributed by atoms with Crippen molar-refractivity contribution in [3.63, 3.8) is 0 Å². The number of benzene rings is 2. The summed E-state index contributed by atoms with van der Waals surface area (Å²) >= 11 is 0. The lowest BCUT2D eigenvalue weighted by Gasteiger charge is -2.34. The highest BCUT2D eigenvalue weighted by Gasteiger charge is 2.55. The summed E-state index contributed by atoms with van der Waals surface area (Å²) in [5.41, 5.74) is 5.58. The summed E-state index contributed by atoms with van der Waals surface area (Å²) in [4.78, 5) is 25.9. The van der Waals surface area contributed by atoms with E-state index in [4.69, 9.17) is 4.74 Å². The summed E-state index contributed by atoms with van der Waals surface area (Å²) in [7, 11) is 0. The number of carboxylic acids is 1. The largest absolute Gasteiger partial charge is 0.478 e. The number of ether oxygens (including phenoxy) is 1. The zero-order chi connectivity index (χ0) is 23.3. The van der Waals surface area contributed by atoms with E-state index in [-0.39, 0.29) is 12.0 Å². The predicted octanol–water partition coefficient (Wildman–Crippen LogP) is 4.41. The molecule has 4 aliphatic rings. The molecule has 6 nitrogen and oxygen atoms in total. The molecule has 0 bridgehead atoms. The van der Waals surface area contributed by atoms with Crippen molar-refractivity contribution in [3.05, 3.63) is 64.7 Å². The smallest absolute Gasteiger partial charge is 0.335 e. The van der Waals surface area contributed by atoms with Crippen molar-refractivity contribution in [2.24, 2.45) is 5.41 Å². The normalized spacial score (nSPS) is 27.2. The molecule has 2 aromatic rings. The van der Waals surface area contributed by atoms with E-state index >= 15 is 0 Å². The summed E-state index contributed by atoms with van der Waals surface area (Å²) in [6.45, 7) is 3.27. The standard InChI is InChI=1S/C28H32N2O4/c31-26(25-2-1-13-34-25)30-11-9-28(10-12-30)16-23(28)19-5-3-18(4-6-19)22-14-20-7-8-21(27(32)33)15-24(20)29-17-22/h3-8,15,22-23,25,29H,1-2,9-14,16-17H2,(H,32,33)/t22?,23-,25+/m0/s1. The molecular formula is C28H32N2O4. The fourth-order valence-electron chi connectivity index (χ4n) is 6.38. The molecule has 0 radical (unpaired) electrons. The van der Waals surface area contributed by atoms with E-state index in [1.165, 1.54) is 23.1 Å². The van der Waals surface area contributed by atoms with Gasteiger partial charge in [-0.15, -0.1) is 0 Å². The molecule has 6 rings (SSSR count). The van der Waals surface area contributed by atoms with Crippen LogP contribution in [0, 0.1) is 5.41 Å². The minimum atomic E-state index is -0.889. The van der Waals surface area contributed by atoms with Crippen molar-refractivity contribution in [1.29, 1.82) is 0 Å². The van der Waals surface area contributed by atoms with Gasteiger partial charge in [-0.1, -0.05) is 30.3 Å². The third-order valence-electron chi connectivity index (χ3n) is 8.64. The first-order valence-electron chi connectivity index (χ1n) is 12.6. The van der Waals surface area contributed by atoms with Crippen LogP contribution in [0.5, 0.6) is 0 Å². The van der Waals surface area contributed by atoms with Crippen LogP contribution in [0.15, 0.2) is 42.5 Å². The third kappa shape index (κ3) is 3.88. The number of piperidine rings is 1. The fraction of sp³-hybridized carbons (Fsp3) is 0.500. The van der Waals surface area contributed by atoms with Crippen molar-refractivity contribution >= 4 is 17.6 Å². The number of nitrogens with zero attached hydrogens (tertiary/aromatic N) is 1. The lowest BCUT2D eigenvalue weighted by molar-refractivity contribution is -0.142. The molecule has 1 aliphatic carbocycles. The van der Waals surface area contributed by atoms with Crippen LogP contribution in [0.1, 0.15) is 71.0 Å². The molecule has 3 atom stereocenters. The van der Waals surface area contributed by atoms with Crippen LogP contribution in [0.25, 0.3) is 0 Å². The van der Waals surface area contributed by atoms with Gasteiger partial charge in [-0.25, -0.2) is 4.79 Å². The first-order valence-corrected chi connectivity index (χ1v) is 12.6. The van der Waals surface area contributed by atoms with E-state index in [0.29, 0.717) is 22.8 Å². The van der Waals surface area contributed by atoms with E-state index in [1.807, 2.05) is 11.0 Å². The molecule has 6 heteroatoms. The Morgan fingerprint density at radius 3 is 2.53 bits per heavy atom. The minimum absolute atomic E-state index is 0.197. The number of amides is 1. The van der Waals surface area contributed by atoms with Crippen molar-refractivity contribution < 1.29 is 19.4 Å². The number of fused-ring (bicyclic) bond motifs is 1. The Balaban J connectivity index is 1.07. The van der Waals surface area contributed by atoms with Crippen molar-refractivity contribution in [2.45, 2.75) is 56.5 Å². The third-order valence-corrected chi connectivity index (χ3v) is 8.64. The molecule has 3 fully saturated rings. The zero-order valence-electron chi connectivity index (χ0n) is 19.5. The fourth-order valence-corrected chi connectivity index (χ4v) is 6.38. The first-order chi connectivity index (χ1) is 16.5. The Kier molecular flexibility index (Phi) is 5.36. The number of carbonyl (C=O) groups excluding carboxylic acids is 1. The average molecular weight is 461 g/mol. The molecule has 1 amide bonds. The highest BCUT2D eigenvalue weighted by atomic mass is 16.5. The van der Waals surface area contributed by atoms with Gasteiger partial charge in [-0.3, -0.25) is 4.79 Å². The highest BCUT2D eigenvalue weighted by Crippen LogP contribution is 2.65. The Bertz CT molecular complexity index is 1100. The summed E-state index contributed by atoms with van der Waals surface area (Å²) in [6, 6.07) is 14.5. The summed E-state index contributed by atoms with van der Waals surface area (Å²) in [5.74, 6) is 0.314. The lowest BCUT2D eigenvalue weighted by Crippen LogP contribution is -2.44. The van der Waals surface area contributed by atoms with Crippen molar-refractivity contribution in [3.8, 4) is 0 Å². The molecule has 3 heterocycles. The van der Waals surface area contributed by atoms with E-state index < -0.39 is 5.97 Å². The minimum Gasteiger partial charge on any atom is -0.478 e. The van der Waals surface area contributed by atoms with Crippen LogP contribution < -0.4 is 5.32 Å². The maximum Gasteiger partial charge on any atom is 0.335 e. The van der Waals surface area contributed by atoms with Crippen molar-refractivity contribution in [1.82, 2.24) is 4.90 Å². The predicted molar refractivity (Wildman–Crippen MR) is 129 cm³/mol. The Morgan fingerprint density at radius 2 is 1.82 bits per heavy atom. The van der Waals surface area contributed by atoms with Gasteiger partial charge in [0.05, 0.1) is 5.56 Å². The number of aromatic carboxylic acids is 1. The molecular weight excluding hydrogens is 428 g/mol. The number of nitrogens with one attached hydrogen (secondary N) is 1. The van der Waals surface area contributed by atoms with Crippen LogP contribution in [0.4, 0.5) is 5.69 Å². The van der Waals surface area contributed by atoms with E-state index in [2.05, 4.69) is 29.6 Å². The molecule has 2 saturated heterocycles. The summed E-state index contributed by atoms with van der Waals surface area (Å²) in [6.07, 6.45) is 6.03. The second-order valence-corrected chi connectivity index (χ2v) is 10.6.